The second-order valence-corrected chi connectivity index (χ2v) is 4.55. The van der Waals surface area contributed by atoms with Gasteiger partial charge in [0.2, 0.25) is 0 Å². The summed E-state index contributed by atoms with van der Waals surface area (Å²) in [4.78, 5) is 2.09. The Morgan fingerprint density at radius 2 is 1.89 bits per heavy atom. The van der Waals surface area contributed by atoms with Crippen LogP contribution >= 0.6 is 0 Å². The van der Waals surface area contributed by atoms with Crippen molar-refractivity contribution in [1.82, 2.24) is 20.3 Å². The van der Waals surface area contributed by atoms with Crippen LogP contribution in [-0.2, 0) is 20.1 Å². The highest BCUT2D eigenvalue weighted by atomic mass is 15.4. The molecular weight excluding hydrogens is 226 g/mol. The van der Waals surface area contributed by atoms with E-state index in [2.05, 4.69) is 44.8 Å². The zero-order valence-corrected chi connectivity index (χ0v) is 11.1. The molecular formula is C13H19N5. The predicted octanol–water partition coefficient (Wildman–Crippen LogP) is 1.17. The zero-order valence-electron chi connectivity index (χ0n) is 11.1. The van der Waals surface area contributed by atoms with Crippen molar-refractivity contribution < 1.29 is 0 Å². The van der Waals surface area contributed by atoms with Crippen LogP contribution in [0.3, 0.4) is 0 Å². The summed E-state index contributed by atoms with van der Waals surface area (Å²) >= 11 is 0. The summed E-state index contributed by atoms with van der Waals surface area (Å²) in [7, 11) is 5.96. The molecule has 18 heavy (non-hydrogen) atoms. The maximum absolute atomic E-state index is 4.03. The molecule has 2 rings (SSSR count). The molecule has 0 aliphatic carbocycles. The molecule has 0 radical (unpaired) electrons. The van der Waals surface area contributed by atoms with Gasteiger partial charge >= 0.3 is 0 Å². The Bertz CT molecular complexity index is 486. The van der Waals surface area contributed by atoms with Gasteiger partial charge in [-0.2, -0.15) is 0 Å². The SMILES string of the molecule is CN(C)c1ccc(CNCc2cn(C)nn2)cc1. The molecule has 0 atom stereocenters. The van der Waals surface area contributed by atoms with Crippen LogP contribution in [0.5, 0.6) is 0 Å². The average Bonchev–Trinajstić information content (AvgIpc) is 2.76. The third kappa shape index (κ3) is 3.30. The molecule has 0 aliphatic rings. The van der Waals surface area contributed by atoms with Crippen molar-refractivity contribution >= 4 is 5.69 Å². The smallest absolute Gasteiger partial charge is 0.0964 e. The summed E-state index contributed by atoms with van der Waals surface area (Å²) in [6.07, 6.45) is 1.92. The van der Waals surface area contributed by atoms with Crippen LogP contribution in [0.15, 0.2) is 30.5 Å². The minimum atomic E-state index is 0.739. The van der Waals surface area contributed by atoms with Gasteiger partial charge in [0.25, 0.3) is 0 Å². The van der Waals surface area contributed by atoms with Gasteiger partial charge in [-0.05, 0) is 17.7 Å². The second-order valence-electron chi connectivity index (χ2n) is 4.55. The molecule has 2 aromatic rings. The number of aromatic nitrogens is 3. The van der Waals surface area contributed by atoms with Crippen molar-refractivity contribution in [3.63, 3.8) is 0 Å². The molecule has 0 saturated heterocycles. The standard InChI is InChI=1S/C13H19N5/c1-17(2)13-6-4-11(5-7-13)8-14-9-12-10-18(3)16-15-12/h4-7,10,14H,8-9H2,1-3H3. The first-order valence-corrected chi connectivity index (χ1v) is 5.97. The summed E-state index contributed by atoms with van der Waals surface area (Å²) in [6, 6.07) is 8.52. The van der Waals surface area contributed by atoms with Gasteiger partial charge in [0.05, 0.1) is 5.69 Å². The van der Waals surface area contributed by atoms with Crippen LogP contribution in [0.2, 0.25) is 0 Å². The van der Waals surface area contributed by atoms with Gasteiger partial charge in [0.1, 0.15) is 0 Å². The van der Waals surface area contributed by atoms with Gasteiger partial charge in [-0.15, -0.1) is 5.10 Å². The summed E-state index contributed by atoms with van der Waals surface area (Å²) < 4.78 is 1.71. The molecule has 5 nitrogen and oxygen atoms in total. The zero-order chi connectivity index (χ0) is 13.0. The van der Waals surface area contributed by atoms with E-state index in [0.717, 1.165) is 18.8 Å². The van der Waals surface area contributed by atoms with Gasteiger partial charge in [0.15, 0.2) is 0 Å². The van der Waals surface area contributed by atoms with Crippen LogP contribution in [-0.4, -0.2) is 29.1 Å². The average molecular weight is 245 g/mol. The molecule has 0 spiro atoms. The van der Waals surface area contributed by atoms with E-state index < -0.39 is 0 Å². The Hall–Kier alpha value is -1.88. The lowest BCUT2D eigenvalue weighted by atomic mass is 10.2. The lowest BCUT2D eigenvalue weighted by Crippen LogP contribution is -2.13. The van der Waals surface area contributed by atoms with Crippen LogP contribution < -0.4 is 10.2 Å². The molecule has 0 fully saturated rings. The molecule has 1 aromatic heterocycles. The fourth-order valence-corrected chi connectivity index (χ4v) is 1.72. The highest BCUT2D eigenvalue weighted by Gasteiger charge is 1.99. The van der Waals surface area contributed by atoms with Crippen LogP contribution in [0.4, 0.5) is 5.69 Å². The number of anilines is 1. The predicted molar refractivity (Wildman–Crippen MR) is 72.3 cm³/mol. The normalized spacial score (nSPS) is 10.6. The molecule has 0 unspecified atom stereocenters. The number of nitrogens with zero attached hydrogens (tertiary/aromatic N) is 4. The first kappa shape index (κ1) is 12.6. The highest BCUT2D eigenvalue weighted by molar-refractivity contribution is 5.45. The van der Waals surface area contributed by atoms with E-state index in [1.54, 1.807) is 4.68 Å². The van der Waals surface area contributed by atoms with Crippen LogP contribution in [0, 0.1) is 0 Å². The molecule has 5 heteroatoms. The minimum Gasteiger partial charge on any atom is -0.378 e. The van der Waals surface area contributed by atoms with Crippen molar-refractivity contribution in [1.29, 1.82) is 0 Å². The highest BCUT2D eigenvalue weighted by Crippen LogP contribution is 2.11. The number of benzene rings is 1. The number of hydrogen-bond acceptors (Lipinski definition) is 4. The molecule has 1 N–H and O–H groups in total. The molecule has 0 aliphatic heterocycles. The Balaban J connectivity index is 1.83. The lowest BCUT2D eigenvalue weighted by molar-refractivity contribution is 0.674. The topological polar surface area (TPSA) is 46.0 Å². The van der Waals surface area contributed by atoms with E-state index >= 15 is 0 Å². The summed E-state index contributed by atoms with van der Waals surface area (Å²) in [5.74, 6) is 0. The Labute approximate surface area is 107 Å². The molecule has 0 amide bonds. The fraction of sp³-hybridized carbons (Fsp3) is 0.385. The fourth-order valence-electron chi connectivity index (χ4n) is 1.72. The third-order valence-electron chi connectivity index (χ3n) is 2.74. The van der Waals surface area contributed by atoms with E-state index in [1.807, 2.05) is 27.3 Å². The van der Waals surface area contributed by atoms with Gasteiger partial charge in [-0.1, -0.05) is 17.3 Å². The summed E-state index contributed by atoms with van der Waals surface area (Å²) in [5.41, 5.74) is 3.44. The van der Waals surface area contributed by atoms with Crippen molar-refractivity contribution in [2.45, 2.75) is 13.1 Å². The lowest BCUT2D eigenvalue weighted by Gasteiger charge is -2.12. The van der Waals surface area contributed by atoms with E-state index in [0.29, 0.717) is 0 Å². The molecule has 0 saturated carbocycles. The molecule has 1 aromatic carbocycles. The molecule has 0 bridgehead atoms. The number of aryl methyl sites for hydroxylation is 1. The van der Waals surface area contributed by atoms with E-state index in [-0.39, 0.29) is 0 Å². The second kappa shape index (κ2) is 5.64. The van der Waals surface area contributed by atoms with Gasteiger partial charge in [-0.25, -0.2) is 0 Å². The Kier molecular flexibility index (Phi) is 3.94. The largest absolute Gasteiger partial charge is 0.378 e. The van der Waals surface area contributed by atoms with E-state index in [4.69, 9.17) is 0 Å². The molecule has 96 valence electrons. The van der Waals surface area contributed by atoms with Crippen LogP contribution in [0.25, 0.3) is 0 Å². The van der Waals surface area contributed by atoms with Gasteiger partial charge < -0.3 is 10.2 Å². The summed E-state index contributed by atoms with van der Waals surface area (Å²) in [5, 5.41) is 11.3. The first-order valence-electron chi connectivity index (χ1n) is 5.97. The maximum atomic E-state index is 4.03. The monoisotopic (exact) mass is 245 g/mol. The first-order chi connectivity index (χ1) is 8.65. The third-order valence-corrected chi connectivity index (χ3v) is 2.74. The van der Waals surface area contributed by atoms with Gasteiger partial charge in [0, 0.05) is 46.1 Å². The maximum Gasteiger partial charge on any atom is 0.0964 e. The van der Waals surface area contributed by atoms with Crippen molar-refractivity contribution in [2.75, 3.05) is 19.0 Å². The summed E-state index contributed by atoms with van der Waals surface area (Å²) in [6.45, 7) is 1.58. The Morgan fingerprint density at radius 3 is 2.44 bits per heavy atom. The van der Waals surface area contributed by atoms with Crippen molar-refractivity contribution in [3.05, 3.63) is 41.7 Å². The van der Waals surface area contributed by atoms with E-state index in [1.165, 1.54) is 11.3 Å². The van der Waals surface area contributed by atoms with E-state index in [9.17, 15) is 0 Å². The quantitative estimate of drug-likeness (QED) is 0.859. The van der Waals surface area contributed by atoms with Crippen molar-refractivity contribution in [3.8, 4) is 0 Å². The van der Waals surface area contributed by atoms with Crippen LogP contribution in [0.1, 0.15) is 11.3 Å². The Morgan fingerprint density at radius 1 is 1.17 bits per heavy atom. The number of hydrogen-bond donors (Lipinski definition) is 1. The number of nitrogens with one attached hydrogen (secondary N) is 1. The minimum absolute atomic E-state index is 0.739. The number of rotatable bonds is 5. The van der Waals surface area contributed by atoms with Gasteiger partial charge in [-0.3, -0.25) is 4.68 Å². The van der Waals surface area contributed by atoms with Crippen molar-refractivity contribution in [2.24, 2.45) is 7.05 Å². The molecule has 1 heterocycles.